The Kier molecular flexibility index (Phi) is 8.19. The number of alkyl carbamates (subject to hydrolysis) is 1. The summed E-state index contributed by atoms with van der Waals surface area (Å²) < 4.78 is 10.6. The highest BCUT2D eigenvalue weighted by atomic mass is 32.1. The van der Waals surface area contributed by atoms with Crippen LogP contribution < -0.4 is 16.0 Å². The largest absolute Gasteiger partial charge is 0.469 e. The van der Waals surface area contributed by atoms with Crippen LogP contribution in [0.25, 0.3) is 0 Å². The molecule has 0 aliphatic heterocycles. The number of amides is 1. The zero-order valence-electron chi connectivity index (χ0n) is 16.1. The molecule has 0 bridgehead atoms. The number of carbonyl (C=O) groups excluding carboxylic acids is 1. The number of hydrogen-bond donors (Lipinski definition) is 3. The summed E-state index contributed by atoms with van der Waals surface area (Å²) in [7, 11) is 0. The zero-order chi connectivity index (χ0) is 19.5. The van der Waals surface area contributed by atoms with E-state index in [1.54, 1.807) is 17.6 Å². The number of carbonyl (C=O) groups is 1. The first kappa shape index (κ1) is 20.8. The molecule has 0 fully saturated rings. The van der Waals surface area contributed by atoms with Crippen molar-refractivity contribution in [3.63, 3.8) is 0 Å². The first-order valence-corrected chi connectivity index (χ1v) is 9.84. The van der Waals surface area contributed by atoms with Crippen LogP contribution in [-0.2, 0) is 17.7 Å². The molecule has 0 saturated heterocycles. The van der Waals surface area contributed by atoms with Crippen molar-refractivity contribution < 1.29 is 13.9 Å². The number of ether oxygens (including phenoxy) is 1. The molecule has 0 spiro atoms. The van der Waals surface area contributed by atoms with Gasteiger partial charge in [0.05, 0.1) is 12.8 Å². The number of nitrogens with zero attached hydrogens (tertiary/aromatic N) is 1. The molecule has 8 heteroatoms. The third-order valence-corrected chi connectivity index (χ3v) is 4.16. The molecule has 0 unspecified atom stereocenters. The van der Waals surface area contributed by atoms with Gasteiger partial charge in [-0.2, -0.15) is 0 Å². The number of furan rings is 1. The second-order valence-electron chi connectivity index (χ2n) is 6.86. The van der Waals surface area contributed by atoms with E-state index in [0.29, 0.717) is 32.1 Å². The Hall–Kier alpha value is -2.48. The second kappa shape index (κ2) is 10.6. The zero-order valence-corrected chi connectivity index (χ0v) is 16.9. The van der Waals surface area contributed by atoms with E-state index in [4.69, 9.17) is 9.15 Å². The van der Waals surface area contributed by atoms with E-state index in [1.165, 1.54) is 4.88 Å². The number of nitrogens with one attached hydrogen (secondary N) is 3. The number of hydrogen-bond acceptors (Lipinski definition) is 5. The van der Waals surface area contributed by atoms with Crippen LogP contribution >= 0.6 is 11.3 Å². The van der Waals surface area contributed by atoms with Gasteiger partial charge in [-0.05, 0) is 44.4 Å². The molecule has 7 nitrogen and oxygen atoms in total. The highest BCUT2D eigenvalue weighted by Crippen LogP contribution is 2.09. The molecule has 0 radical (unpaired) electrons. The van der Waals surface area contributed by atoms with Crippen LogP contribution in [0, 0.1) is 0 Å². The summed E-state index contributed by atoms with van der Waals surface area (Å²) >= 11 is 1.67. The Balaban J connectivity index is 1.76. The fraction of sp³-hybridized carbons (Fsp3) is 0.474. The van der Waals surface area contributed by atoms with E-state index in [9.17, 15) is 4.79 Å². The van der Waals surface area contributed by atoms with E-state index in [-0.39, 0.29) is 0 Å². The monoisotopic (exact) mass is 392 g/mol. The van der Waals surface area contributed by atoms with Gasteiger partial charge < -0.3 is 25.1 Å². The summed E-state index contributed by atoms with van der Waals surface area (Å²) in [6.45, 7) is 7.79. The molecule has 2 rings (SSSR count). The van der Waals surface area contributed by atoms with Crippen molar-refractivity contribution in [2.24, 2.45) is 4.99 Å². The van der Waals surface area contributed by atoms with E-state index >= 15 is 0 Å². The maximum Gasteiger partial charge on any atom is 0.407 e. The van der Waals surface area contributed by atoms with Crippen LogP contribution in [0.4, 0.5) is 4.79 Å². The maximum absolute atomic E-state index is 11.7. The van der Waals surface area contributed by atoms with Crippen LogP contribution in [0.15, 0.2) is 45.3 Å². The Morgan fingerprint density at radius 3 is 2.59 bits per heavy atom. The fourth-order valence-electron chi connectivity index (χ4n) is 2.15. The predicted octanol–water partition coefficient (Wildman–Crippen LogP) is 3.14. The molecule has 1 amide bonds. The third-order valence-electron chi connectivity index (χ3n) is 3.30. The molecule has 0 aromatic carbocycles. The minimum Gasteiger partial charge on any atom is -0.469 e. The van der Waals surface area contributed by atoms with Crippen LogP contribution in [0.5, 0.6) is 0 Å². The predicted molar refractivity (Wildman–Crippen MR) is 108 cm³/mol. The molecule has 2 heterocycles. The Bertz CT molecular complexity index is 691. The highest BCUT2D eigenvalue weighted by Gasteiger charge is 2.15. The van der Waals surface area contributed by atoms with Crippen LogP contribution in [-0.4, -0.2) is 37.3 Å². The Labute approximate surface area is 164 Å². The summed E-state index contributed by atoms with van der Waals surface area (Å²) in [4.78, 5) is 17.5. The summed E-state index contributed by atoms with van der Waals surface area (Å²) in [6, 6.07) is 7.89. The average molecular weight is 393 g/mol. The molecule has 0 saturated carbocycles. The van der Waals surface area contributed by atoms with E-state index < -0.39 is 11.7 Å². The maximum atomic E-state index is 11.7. The summed E-state index contributed by atoms with van der Waals surface area (Å²) in [5.74, 6) is 1.62. The van der Waals surface area contributed by atoms with Crippen LogP contribution in [0.3, 0.4) is 0 Å². The molecule has 0 aliphatic carbocycles. The van der Waals surface area contributed by atoms with Gasteiger partial charge in [-0.15, -0.1) is 11.3 Å². The lowest BCUT2D eigenvalue weighted by Gasteiger charge is -2.20. The lowest BCUT2D eigenvalue weighted by molar-refractivity contribution is 0.0529. The van der Waals surface area contributed by atoms with E-state index in [1.807, 2.05) is 44.4 Å². The highest BCUT2D eigenvalue weighted by molar-refractivity contribution is 7.09. The first-order chi connectivity index (χ1) is 12.9. The smallest absolute Gasteiger partial charge is 0.407 e. The van der Waals surface area contributed by atoms with Gasteiger partial charge in [-0.3, -0.25) is 0 Å². The molecule has 27 heavy (non-hydrogen) atoms. The first-order valence-electron chi connectivity index (χ1n) is 8.96. The van der Waals surface area contributed by atoms with Crippen molar-refractivity contribution in [3.05, 3.63) is 46.5 Å². The summed E-state index contributed by atoms with van der Waals surface area (Å²) in [6.07, 6.45) is 2.01. The second-order valence-corrected chi connectivity index (χ2v) is 7.89. The minimum absolute atomic E-state index is 0.424. The van der Waals surface area contributed by atoms with Gasteiger partial charge in [0.25, 0.3) is 0 Å². The molecule has 2 aromatic rings. The Morgan fingerprint density at radius 2 is 1.93 bits per heavy atom. The normalized spacial score (nSPS) is 11.9. The lowest BCUT2D eigenvalue weighted by atomic mass is 10.2. The van der Waals surface area contributed by atoms with Crippen molar-refractivity contribution in [1.82, 2.24) is 16.0 Å². The molecule has 0 atom stereocenters. The van der Waals surface area contributed by atoms with Crippen molar-refractivity contribution in [3.8, 4) is 0 Å². The van der Waals surface area contributed by atoms with Crippen LogP contribution in [0.2, 0.25) is 0 Å². The van der Waals surface area contributed by atoms with Crippen molar-refractivity contribution >= 4 is 23.4 Å². The van der Waals surface area contributed by atoms with Crippen molar-refractivity contribution in [2.75, 3.05) is 19.6 Å². The summed E-state index contributed by atoms with van der Waals surface area (Å²) in [5, 5.41) is 11.3. The fourth-order valence-corrected chi connectivity index (χ4v) is 2.78. The quantitative estimate of drug-likeness (QED) is 0.365. The minimum atomic E-state index is -0.502. The molecule has 2 aromatic heterocycles. The van der Waals surface area contributed by atoms with Gasteiger partial charge in [0, 0.05) is 30.9 Å². The molecule has 3 N–H and O–H groups in total. The van der Waals surface area contributed by atoms with Gasteiger partial charge in [0.1, 0.15) is 11.4 Å². The number of aliphatic imine (C=N–C) groups is 1. The lowest BCUT2D eigenvalue weighted by Crippen LogP contribution is -2.43. The van der Waals surface area contributed by atoms with Crippen molar-refractivity contribution in [2.45, 2.75) is 39.3 Å². The molecule has 148 valence electrons. The van der Waals surface area contributed by atoms with Gasteiger partial charge in [-0.1, -0.05) is 6.07 Å². The standard InChI is InChI=1S/C19H28N4O3S/c1-19(2,3)26-18(24)22-11-10-21-17(23-14-16-7-5-13-27-16)20-9-8-15-6-4-12-25-15/h4-7,12-13H,8-11,14H2,1-3H3,(H,22,24)(H2,20,21,23). The van der Waals surface area contributed by atoms with E-state index in [2.05, 4.69) is 27.0 Å². The third kappa shape index (κ3) is 9.14. The average Bonchev–Trinajstić information content (AvgIpc) is 3.27. The van der Waals surface area contributed by atoms with Gasteiger partial charge in [0.2, 0.25) is 0 Å². The molecular formula is C19H28N4O3S. The SMILES string of the molecule is CC(C)(C)OC(=O)NCCNC(=NCc1cccs1)NCCc1ccco1. The number of rotatable bonds is 8. The van der Waals surface area contributed by atoms with Gasteiger partial charge in [0.15, 0.2) is 5.96 Å². The van der Waals surface area contributed by atoms with Gasteiger partial charge in [-0.25, -0.2) is 9.79 Å². The number of thiophene rings is 1. The Morgan fingerprint density at radius 1 is 1.15 bits per heavy atom. The number of guanidine groups is 1. The van der Waals surface area contributed by atoms with Crippen molar-refractivity contribution in [1.29, 1.82) is 0 Å². The van der Waals surface area contributed by atoms with Crippen LogP contribution in [0.1, 0.15) is 31.4 Å². The summed E-state index contributed by atoms with van der Waals surface area (Å²) in [5.41, 5.74) is -0.502. The van der Waals surface area contributed by atoms with Gasteiger partial charge >= 0.3 is 6.09 Å². The molecular weight excluding hydrogens is 364 g/mol. The topological polar surface area (TPSA) is 87.9 Å². The van der Waals surface area contributed by atoms with E-state index in [0.717, 1.165) is 12.2 Å². The molecule has 0 aliphatic rings.